The van der Waals surface area contributed by atoms with Crippen LogP contribution in [0.4, 0.5) is 0 Å². The maximum Gasteiger partial charge on any atom is 0.328 e. The van der Waals surface area contributed by atoms with Crippen molar-refractivity contribution >= 4 is 12.0 Å². The Kier molecular flexibility index (Phi) is 4.03. The minimum atomic E-state index is -1.10. The predicted octanol–water partition coefficient (Wildman–Crippen LogP) is 2.16. The van der Waals surface area contributed by atoms with Crippen molar-refractivity contribution in [3.05, 3.63) is 57.4 Å². The van der Waals surface area contributed by atoms with Gasteiger partial charge in [0.05, 0.1) is 5.69 Å². The zero-order valence-corrected chi connectivity index (χ0v) is 12.1. The summed E-state index contributed by atoms with van der Waals surface area (Å²) in [6.07, 6.45) is 2.23. The first kappa shape index (κ1) is 14.7. The van der Waals surface area contributed by atoms with E-state index in [4.69, 9.17) is 5.11 Å². The molecule has 0 aliphatic carbocycles. The zero-order valence-electron chi connectivity index (χ0n) is 12.1. The van der Waals surface area contributed by atoms with Gasteiger partial charge >= 0.3 is 5.97 Å². The van der Waals surface area contributed by atoms with Crippen LogP contribution in [-0.2, 0) is 11.8 Å². The van der Waals surface area contributed by atoms with Crippen LogP contribution in [0.5, 0.6) is 0 Å². The van der Waals surface area contributed by atoms with E-state index in [9.17, 15) is 9.59 Å². The van der Waals surface area contributed by atoms with Gasteiger partial charge in [-0.25, -0.2) is 9.48 Å². The van der Waals surface area contributed by atoms with Gasteiger partial charge in [0.2, 0.25) is 0 Å². The summed E-state index contributed by atoms with van der Waals surface area (Å²) in [7, 11) is 1.55. The first-order valence-electron chi connectivity index (χ1n) is 6.45. The summed E-state index contributed by atoms with van der Waals surface area (Å²) in [6.45, 7) is 4.03. The first-order valence-corrected chi connectivity index (χ1v) is 6.45. The molecule has 0 atom stereocenters. The molecule has 1 heterocycles. The summed E-state index contributed by atoms with van der Waals surface area (Å²) in [5.41, 5.74) is 3.78. The van der Waals surface area contributed by atoms with Gasteiger partial charge in [0.1, 0.15) is 0 Å². The van der Waals surface area contributed by atoms with Crippen LogP contribution < -0.4 is 5.56 Å². The number of hydrogen-bond donors (Lipinski definition) is 1. The molecule has 0 saturated heterocycles. The number of carboxylic acid groups (broad SMARTS) is 1. The second-order valence-electron chi connectivity index (χ2n) is 4.88. The van der Waals surface area contributed by atoms with Crippen LogP contribution in [-0.4, -0.2) is 20.9 Å². The average molecular weight is 284 g/mol. The van der Waals surface area contributed by atoms with Gasteiger partial charge in [0, 0.05) is 24.3 Å². The van der Waals surface area contributed by atoms with Crippen molar-refractivity contribution in [3.8, 4) is 11.3 Å². The molecule has 0 saturated carbocycles. The Balaban J connectivity index is 2.57. The number of benzene rings is 1. The summed E-state index contributed by atoms with van der Waals surface area (Å²) in [5.74, 6) is -1.10. The highest BCUT2D eigenvalue weighted by Gasteiger charge is 2.07. The Morgan fingerprint density at radius 1 is 1.24 bits per heavy atom. The minimum Gasteiger partial charge on any atom is -0.478 e. The molecule has 0 bridgehead atoms. The third-order valence-electron chi connectivity index (χ3n) is 3.30. The molecule has 0 unspecified atom stereocenters. The van der Waals surface area contributed by atoms with Gasteiger partial charge in [-0.05, 0) is 43.2 Å². The van der Waals surface area contributed by atoms with Gasteiger partial charge in [-0.1, -0.05) is 12.1 Å². The Morgan fingerprint density at radius 3 is 2.57 bits per heavy atom. The van der Waals surface area contributed by atoms with Crippen LogP contribution in [0.25, 0.3) is 17.3 Å². The molecule has 1 aromatic carbocycles. The zero-order chi connectivity index (χ0) is 15.6. The van der Waals surface area contributed by atoms with Gasteiger partial charge < -0.3 is 5.11 Å². The number of rotatable bonds is 3. The van der Waals surface area contributed by atoms with Crippen LogP contribution >= 0.6 is 0 Å². The molecule has 0 fully saturated rings. The van der Waals surface area contributed by atoms with Crippen molar-refractivity contribution in [2.45, 2.75) is 13.8 Å². The standard InChI is InChI=1S/C16H16N2O3/c1-10-4-5-12(8-11(10)2)14-9-13(6-7-15(19)20)16(21)18(3)17-14/h4-9H,1-3H3,(H,19,20)/b7-6+. The van der Waals surface area contributed by atoms with E-state index in [1.807, 2.05) is 32.0 Å². The highest BCUT2D eigenvalue weighted by atomic mass is 16.4. The monoisotopic (exact) mass is 284 g/mol. The van der Waals surface area contributed by atoms with Crippen LogP contribution in [0.1, 0.15) is 16.7 Å². The molecule has 1 N–H and O–H groups in total. The van der Waals surface area contributed by atoms with Crippen LogP contribution in [0.15, 0.2) is 35.1 Å². The summed E-state index contributed by atoms with van der Waals surface area (Å²) >= 11 is 0. The molecular weight excluding hydrogens is 268 g/mol. The fourth-order valence-corrected chi connectivity index (χ4v) is 1.95. The molecule has 108 valence electrons. The first-order chi connectivity index (χ1) is 9.88. The lowest BCUT2D eigenvalue weighted by Crippen LogP contribution is -2.22. The van der Waals surface area contributed by atoms with Crippen LogP contribution in [0, 0.1) is 13.8 Å². The SMILES string of the molecule is Cc1ccc(-c2cc(/C=C/C(=O)O)c(=O)n(C)n2)cc1C. The van der Waals surface area contributed by atoms with Crippen molar-refractivity contribution in [2.24, 2.45) is 7.05 Å². The molecule has 0 amide bonds. The van der Waals surface area contributed by atoms with Gasteiger partial charge in [0.15, 0.2) is 0 Å². The van der Waals surface area contributed by atoms with Crippen molar-refractivity contribution in [3.63, 3.8) is 0 Å². The summed E-state index contributed by atoms with van der Waals surface area (Å²) in [6, 6.07) is 7.52. The average Bonchev–Trinajstić information content (AvgIpc) is 2.43. The second kappa shape index (κ2) is 5.75. The van der Waals surface area contributed by atoms with E-state index in [0.717, 1.165) is 17.2 Å². The highest BCUT2D eigenvalue weighted by Crippen LogP contribution is 2.20. The van der Waals surface area contributed by atoms with Crippen LogP contribution in [0.2, 0.25) is 0 Å². The topological polar surface area (TPSA) is 72.2 Å². The molecule has 21 heavy (non-hydrogen) atoms. The molecule has 2 aromatic rings. The summed E-state index contributed by atoms with van der Waals surface area (Å²) in [4.78, 5) is 22.5. The largest absolute Gasteiger partial charge is 0.478 e. The van der Waals surface area contributed by atoms with Gasteiger partial charge in [-0.15, -0.1) is 0 Å². The van der Waals surface area contributed by atoms with E-state index in [1.165, 1.54) is 16.3 Å². The van der Waals surface area contributed by atoms with Crippen molar-refractivity contribution in [2.75, 3.05) is 0 Å². The maximum atomic E-state index is 11.9. The number of aryl methyl sites for hydroxylation is 3. The summed E-state index contributed by atoms with van der Waals surface area (Å²) in [5, 5.41) is 12.9. The third-order valence-corrected chi connectivity index (χ3v) is 3.30. The smallest absolute Gasteiger partial charge is 0.328 e. The van der Waals surface area contributed by atoms with Crippen molar-refractivity contribution in [1.82, 2.24) is 9.78 Å². The van der Waals surface area contributed by atoms with E-state index >= 15 is 0 Å². The maximum absolute atomic E-state index is 11.9. The van der Waals surface area contributed by atoms with Gasteiger partial charge in [-0.2, -0.15) is 5.10 Å². The predicted molar refractivity (Wildman–Crippen MR) is 81.1 cm³/mol. The molecule has 0 spiro atoms. The van der Waals surface area contributed by atoms with Crippen molar-refractivity contribution < 1.29 is 9.90 Å². The molecule has 0 aliphatic rings. The number of hydrogen-bond acceptors (Lipinski definition) is 3. The molecule has 5 nitrogen and oxygen atoms in total. The lowest BCUT2D eigenvalue weighted by molar-refractivity contribution is -0.131. The van der Waals surface area contributed by atoms with E-state index in [0.29, 0.717) is 11.3 Å². The molecule has 0 radical (unpaired) electrons. The number of nitrogens with zero attached hydrogens (tertiary/aromatic N) is 2. The Labute approximate surface area is 122 Å². The Hall–Kier alpha value is -2.69. The highest BCUT2D eigenvalue weighted by molar-refractivity contribution is 5.85. The van der Waals surface area contributed by atoms with Gasteiger partial charge in [-0.3, -0.25) is 4.79 Å². The van der Waals surface area contributed by atoms with E-state index in [2.05, 4.69) is 5.10 Å². The minimum absolute atomic E-state index is 0.295. The van der Waals surface area contributed by atoms with E-state index in [-0.39, 0.29) is 5.56 Å². The Morgan fingerprint density at radius 2 is 1.95 bits per heavy atom. The number of aromatic nitrogens is 2. The second-order valence-corrected chi connectivity index (χ2v) is 4.88. The molecule has 0 aliphatic heterocycles. The summed E-state index contributed by atoms with van der Waals surface area (Å²) < 4.78 is 1.21. The number of aliphatic carboxylic acids is 1. The number of carbonyl (C=O) groups is 1. The van der Waals surface area contributed by atoms with Gasteiger partial charge in [0.25, 0.3) is 5.56 Å². The fraction of sp³-hybridized carbons (Fsp3) is 0.188. The molecule has 1 aromatic heterocycles. The van der Waals surface area contributed by atoms with E-state index < -0.39 is 5.97 Å². The molecule has 5 heteroatoms. The quantitative estimate of drug-likeness (QED) is 0.877. The Bertz CT molecular complexity index is 789. The van der Waals surface area contributed by atoms with E-state index in [1.54, 1.807) is 13.1 Å². The third kappa shape index (κ3) is 3.25. The number of carboxylic acids is 1. The fourth-order valence-electron chi connectivity index (χ4n) is 1.95. The lowest BCUT2D eigenvalue weighted by Gasteiger charge is -2.07. The molecule has 2 rings (SSSR count). The lowest BCUT2D eigenvalue weighted by atomic mass is 10.0. The van der Waals surface area contributed by atoms with Crippen molar-refractivity contribution in [1.29, 1.82) is 0 Å². The normalized spacial score (nSPS) is 11.0. The van der Waals surface area contributed by atoms with Crippen LogP contribution in [0.3, 0.4) is 0 Å². The molecular formula is C16H16N2O3.